The zero-order chi connectivity index (χ0) is 22.0. The van der Waals surface area contributed by atoms with Gasteiger partial charge in [0.05, 0.1) is 0 Å². The van der Waals surface area contributed by atoms with Gasteiger partial charge in [-0.1, -0.05) is 24.3 Å². The summed E-state index contributed by atoms with van der Waals surface area (Å²) >= 11 is 1.11. The van der Waals surface area contributed by atoms with E-state index in [1.165, 1.54) is 38.1 Å². The molecule has 0 saturated heterocycles. The number of hydrogen-bond donors (Lipinski definition) is 3. The lowest BCUT2D eigenvalue weighted by molar-refractivity contribution is -0.133. The lowest BCUT2D eigenvalue weighted by Crippen LogP contribution is -2.00. The third-order valence-electron chi connectivity index (χ3n) is 3.39. The zero-order valence-corrected chi connectivity index (χ0v) is 16.4. The van der Waals surface area contributed by atoms with Crippen molar-refractivity contribution in [3.05, 3.63) is 75.3 Å². The third kappa shape index (κ3) is 8.39. The van der Waals surface area contributed by atoms with Crippen LogP contribution in [-0.2, 0) is 16.2 Å². The van der Waals surface area contributed by atoms with E-state index in [0.717, 1.165) is 16.9 Å². The number of rotatable bonds is 7. The summed E-state index contributed by atoms with van der Waals surface area (Å²) in [4.78, 5) is 31.5. The molecule has 2 aromatic rings. The second-order valence-electron chi connectivity index (χ2n) is 5.64. The lowest BCUT2D eigenvalue weighted by atomic mass is 10.2. The lowest BCUT2D eigenvalue weighted by Gasteiger charge is -2.05. The van der Waals surface area contributed by atoms with Gasteiger partial charge in [0.1, 0.15) is 18.2 Å². The van der Waals surface area contributed by atoms with Crippen molar-refractivity contribution in [1.82, 2.24) is 0 Å². The first-order chi connectivity index (χ1) is 13.6. The molecule has 0 aliphatic heterocycles. The van der Waals surface area contributed by atoms with E-state index >= 15 is 0 Å². The number of ether oxygens (including phenoxy) is 1. The van der Waals surface area contributed by atoms with Gasteiger partial charge in [-0.05, 0) is 43.0 Å². The van der Waals surface area contributed by atoms with Gasteiger partial charge in [-0.15, -0.1) is 11.3 Å². The molecule has 0 radical (unpaired) electrons. The van der Waals surface area contributed by atoms with Crippen LogP contribution in [-0.4, -0.2) is 33.2 Å². The number of aliphatic carboxylic acids is 2. The van der Waals surface area contributed by atoms with Crippen molar-refractivity contribution >= 4 is 29.2 Å². The molecule has 3 N–H and O–H groups in total. The molecular weight excluding hydrogens is 403 g/mol. The second kappa shape index (κ2) is 11.4. The number of thiophene rings is 1. The molecule has 2 rings (SSSR count). The SMILES string of the molecule is CC(=CC=C(C)C(=O)O)C(=O)O.O=C(O)c1sccc1OCc1ccc(F)cc1. The average molecular weight is 422 g/mol. The first-order valence-corrected chi connectivity index (χ1v) is 8.99. The highest BCUT2D eigenvalue weighted by molar-refractivity contribution is 7.12. The summed E-state index contributed by atoms with van der Waals surface area (Å²) in [7, 11) is 0. The van der Waals surface area contributed by atoms with Gasteiger partial charge in [0, 0.05) is 11.1 Å². The Morgan fingerprint density at radius 3 is 1.93 bits per heavy atom. The molecule has 0 fully saturated rings. The summed E-state index contributed by atoms with van der Waals surface area (Å²) in [6, 6.07) is 7.48. The van der Waals surface area contributed by atoms with Crippen LogP contribution in [0.1, 0.15) is 29.1 Å². The summed E-state index contributed by atoms with van der Waals surface area (Å²) < 4.78 is 18.0. The molecule has 0 saturated carbocycles. The van der Waals surface area contributed by atoms with E-state index in [0.29, 0.717) is 5.75 Å². The Labute approximate surface area is 170 Å². The van der Waals surface area contributed by atoms with Crippen LogP contribution in [0, 0.1) is 5.82 Å². The van der Waals surface area contributed by atoms with Crippen LogP contribution >= 0.6 is 11.3 Å². The fraction of sp³-hybridized carbons (Fsp3) is 0.150. The maximum Gasteiger partial charge on any atom is 0.349 e. The number of allylic oxidation sites excluding steroid dienone is 2. The Balaban J connectivity index is 0.000000311. The first kappa shape index (κ1) is 23.6. The fourth-order valence-electron chi connectivity index (χ4n) is 1.70. The topological polar surface area (TPSA) is 121 Å². The molecule has 0 bridgehead atoms. The van der Waals surface area contributed by atoms with Crippen LogP contribution in [0.5, 0.6) is 5.75 Å². The molecule has 0 unspecified atom stereocenters. The van der Waals surface area contributed by atoms with Crippen LogP contribution in [0.15, 0.2) is 59.0 Å². The highest BCUT2D eigenvalue weighted by atomic mass is 32.1. The summed E-state index contributed by atoms with van der Waals surface area (Å²) in [6.45, 7) is 3.01. The highest BCUT2D eigenvalue weighted by Gasteiger charge is 2.12. The maximum atomic E-state index is 12.7. The molecule has 0 amide bonds. The molecule has 1 aromatic carbocycles. The van der Waals surface area contributed by atoms with Crippen molar-refractivity contribution < 1.29 is 38.8 Å². The first-order valence-electron chi connectivity index (χ1n) is 8.11. The number of hydrogen-bond acceptors (Lipinski definition) is 5. The van der Waals surface area contributed by atoms with Gasteiger partial charge >= 0.3 is 17.9 Å². The van der Waals surface area contributed by atoms with Gasteiger partial charge < -0.3 is 20.1 Å². The predicted molar refractivity (Wildman–Crippen MR) is 105 cm³/mol. The minimum atomic E-state index is -1.05. The summed E-state index contributed by atoms with van der Waals surface area (Å²) in [5.41, 5.74) is 1.00. The van der Waals surface area contributed by atoms with E-state index in [-0.39, 0.29) is 28.4 Å². The Kier molecular flexibility index (Phi) is 9.27. The normalized spacial score (nSPS) is 11.3. The Bertz CT molecular complexity index is 899. The van der Waals surface area contributed by atoms with E-state index in [4.69, 9.17) is 20.1 Å². The Hall–Kier alpha value is -3.46. The van der Waals surface area contributed by atoms with Gasteiger partial charge in [0.25, 0.3) is 0 Å². The van der Waals surface area contributed by atoms with Crippen molar-refractivity contribution in [3.8, 4) is 5.75 Å². The number of carboxylic acids is 3. The maximum absolute atomic E-state index is 12.7. The van der Waals surface area contributed by atoms with Crippen LogP contribution in [0.3, 0.4) is 0 Å². The quantitative estimate of drug-likeness (QED) is 0.451. The van der Waals surface area contributed by atoms with Crippen LogP contribution in [0.2, 0.25) is 0 Å². The predicted octanol–water partition coefficient (Wildman–Crippen LogP) is 4.21. The van der Waals surface area contributed by atoms with Gasteiger partial charge in [0.2, 0.25) is 0 Å². The van der Waals surface area contributed by atoms with Gasteiger partial charge in [-0.25, -0.2) is 18.8 Å². The van der Waals surface area contributed by atoms with E-state index in [9.17, 15) is 18.8 Å². The monoisotopic (exact) mass is 422 g/mol. The second-order valence-corrected chi connectivity index (χ2v) is 6.56. The van der Waals surface area contributed by atoms with Gasteiger partial charge in [-0.3, -0.25) is 0 Å². The van der Waals surface area contributed by atoms with Crippen molar-refractivity contribution in [2.45, 2.75) is 20.5 Å². The largest absolute Gasteiger partial charge is 0.487 e. The Morgan fingerprint density at radius 2 is 1.48 bits per heavy atom. The van der Waals surface area contributed by atoms with E-state index < -0.39 is 17.9 Å². The van der Waals surface area contributed by atoms with E-state index in [1.807, 2.05) is 0 Å². The zero-order valence-electron chi connectivity index (χ0n) is 15.6. The molecule has 9 heteroatoms. The molecule has 0 spiro atoms. The third-order valence-corrected chi connectivity index (χ3v) is 4.27. The van der Waals surface area contributed by atoms with Crippen molar-refractivity contribution in [1.29, 1.82) is 0 Å². The fourth-order valence-corrected chi connectivity index (χ4v) is 2.37. The van der Waals surface area contributed by atoms with E-state index in [2.05, 4.69) is 0 Å². The molecule has 1 heterocycles. The standard InChI is InChI=1S/C12H9FO3S.C8H10O4/c13-9-3-1-8(2-4-9)7-16-10-5-6-17-11(10)12(14)15;1-5(7(9)10)3-4-6(2)8(11)12/h1-6H,7H2,(H,14,15);3-4H,1-2H3,(H,9,10)(H,11,12). The molecule has 0 aliphatic rings. The number of carbonyl (C=O) groups is 3. The minimum absolute atomic E-state index is 0.107. The van der Waals surface area contributed by atoms with Crippen molar-refractivity contribution in [3.63, 3.8) is 0 Å². The van der Waals surface area contributed by atoms with Gasteiger partial charge in [-0.2, -0.15) is 0 Å². The summed E-state index contributed by atoms with van der Waals surface area (Å²) in [5, 5.41) is 27.3. The number of aromatic carboxylic acids is 1. The average Bonchev–Trinajstić information content (AvgIpc) is 3.14. The molecule has 7 nitrogen and oxygen atoms in total. The molecule has 154 valence electrons. The molecular formula is C20H19FO7S. The highest BCUT2D eigenvalue weighted by Crippen LogP contribution is 2.25. The number of benzene rings is 1. The van der Waals surface area contributed by atoms with Gasteiger partial charge in [0.15, 0.2) is 4.88 Å². The van der Waals surface area contributed by atoms with Crippen molar-refractivity contribution in [2.75, 3.05) is 0 Å². The minimum Gasteiger partial charge on any atom is -0.487 e. The van der Waals surface area contributed by atoms with Crippen LogP contribution < -0.4 is 4.74 Å². The molecule has 0 atom stereocenters. The molecule has 29 heavy (non-hydrogen) atoms. The van der Waals surface area contributed by atoms with Crippen LogP contribution in [0.25, 0.3) is 0 Å². The number of carboxylic acid groups (broad SMARTS) is 3. The summed E-state index contributed by atoms with van der Waals surface area (Å²) in [6.07, 6.45) is 2.51. The molecule has 0 aliphatic carbocycles. The number of halogens is 1. The van der Waals surface area contributed by atoms with Crippen molar-refractivity contribution in [2.24, 2.45) is 0 Å². The Morgan fingerprint density at radius 1 is 0.966 bits per heavy atom. The summed E-state index contributed by atoms with van der Waals surface area (Å²) in [5.74, 6) is -3.08. The van der Waals surface area contributed by atoms with Crippen LogP contribution in [0.4, 0.5) is 4.39 Å². The smallest absolute Gasteiger partial charge is 0.349 e. The van der Waals surface area contributed by atoms with E-state index in [1.54, 1.807) is 23.6 Å². The molecule has 1 aromatic heterocycles.